The molecule has 0 aromatic heterocycles. The van der Waals surface area contributed by atoms with E-state index < -0.39 is 8.32 Å². The Balaban J connectivity index is 1.73. The van der Waals surface area contributed by atoms with Gasteiger partial charge in [-0.05, 0) is 110 Å². The second-order valence-corrected chi connectivity index (χ2v) is 19.5. The van der Waals surface area contributed by atoms with Gasteiger partial charge in [-0.25, -0.2) is 0 Å². The lowest BCUT2D eigenvalue weighted by molar-refractivity contribution is 0.112. The third-order valence-electron chi connectivity index (χ3n) is 10.9. The summed E-state index contributed by atoms with van der Waals surface area (Å²) in [6.07, 6.45) is 20.4. The van der Waals surface area contributed by atoms with Gasteiger partial charge in [-0.1, -0.05) is 97.4 Å². The standard InChI is InChI=1S/C34H58OSi/c1-24(2)25(3)14-15-27(5)31-20-21-32-28(13-12-22-34(31,32)9)17-18-29-23-30(19-16-26(29)4)35-36(10,11)33(6,7)8/h14-15,17-18,24-25,27,30-32H,4,12-13,16,19-23H2,1-3,5-11H3/b15-14+,28-17+,29-18+/t25-,27+,30-,31+,32-,34+/m0/s1. The highest BCUT2D eigenvalue weighted by Gasteiger charge is 2.50. The first-order valence-electron chi connectivity index (χ1n) is 15.1. The Bertz CT molecular complexity index is 866. The Labute approximate surface area is 226 Å². The molecule has 3 aliphatic rings. The van der Waals surface area contributed by atoms with Crippen LogP contribution in [0.5, 0.6) is 0 Å². The average Bonchev–Trinajstić information content (AvgIpc) is 3.14. The molecule has 0 aliphatic heterocycles. The lowest BCUT2D eigenvalue weighted by Gasteiger charge is -2.44. The zero-order chi connectivity index (χ0) is 26.9. The first kappa shape index (κ1) is 29.7. The van der Waals surface area contributed by atoms with Gasteiger partial charge in [0.2, 0.25) is 0 Å². The second-order valence-electron chi connectivity index (χ2n) is 14.7. The summed E-state index contributed by atoms with van der Waals surface area (Å²) in [5.74, 6) is 3.62. The van der Waals surface area contributed by atoms with E-state index in [0.717, 1.165) is 37.0 Å². The van der Waals surface area contributed by atoms with E-state index in [1.807, 2.05) is 0 Å². The summed E-state index contributed by atoms with van der Waals surface area (Å²) in [6, 6.07) is 0. The monoisotopic (exact) mass is 510 g/mol. The summed E-state index contributed by atoms with van der Waals surface area (Å²) in [5.41, 5.74) is 4.94. The molecule has 0 aromatic rings. The predicted molar refractivity (Wildman–Crippen MR) is 162 cm³/mol. The van der Waals surface area contributed by atoms with Gasteiger partial charge in [0.25, 0.3) is 0 Å². The second kappa shape index (κ2) is 11.5. The maximum atomic E-state index is 6.82. The zero-order valence-electron chi connectivity index (χ0n) is 25.5. The molecule has 2 heteroatoms. The van der Waals surface area contributed by atoms with E-state index in [9.17, 15) is 0 Å². The van der Waals surface area contributed by atoms with Gasteiger partial charge in [-0.2, -0.15) is 0 Å². The molecule has 0 aromatic carbocycles. The summed E-state index contributed by atoms with van der Waals surface area (Å²) < 4.78 is 6.82. The fourth-order valence-electron chi connectivity index (χ4n) is 6.93. The molecule has 6 atom stereocenters. The molecule has 1 nitrogen and oxygen atoms in total. The highest BCUT2D eigenvalue weighted by molar-refractivity contribution is 6.74. The molecular weight excluding hydrogens is 452 g/mol. The van der Waals surface area contributed by atoms with Crippen LogP contribution in [0.15, 0.2) is 47.6 Å². The van der Waals surface area contributed by atoms with Crippen LogP contribution < -0.4 is 0 Å². The van der Waals surface area contributed by atoms with E-state index >= 15 is 0 Å². The molecule has 0 N–H and O–H groups in total. The van der Waals surface area contributed by atoms with Crippen molar-refractivity contribution in [3.05, 3.63) is 47.6 Å². The summed E-state index contributed by atoms with van der Waals surface area (Å²) in [6.45, 7) is 28.4. The molecule has 0 amide bonds. The van der Waals surface area contributed by atoms with Crippen LogP contribution in [-0.2, 0) is 4.43 Å². The van der Waals surface area contributed by atoms with Crippen LogP contribution in [0, 0.1) is 35.0 Å². The van der Waals surface area contributed by atoms with Crippen LogP contribution >= 0.6 is 0 Å². The third-order valence-corrected chi connectivity index (χ3v) is 15.4. The van der Waals surface area contributed by atoms with Crippen molar-refractivity contribution in [2.45, 2.75) is 131 Å². The fraction of sp³-hybridized carbons (Fsp3) is 0.765. The summed E-state index contributed by atoms with van der Waals surface area (Å²) in [7, 11) is -1.74. The topological polar surface area (TPSA) is 9.23 Å². The molecule has 3 aliphatic carbocycles. The van der Waals surface area contributed by atoms with E-state index in [1.54, 1.807) is 5.57 Å². The van der Waals surface area contributed by atoms with Gasteiger partial charge < -0.3 is 4.43 Å². The van der Waals surface area contributed by atoms with Crippen molar-refractivity contribution in [1.82, 2.24) is 0 Å². The van der Waals surface area contributed by atoms with E-state index in [0.29, 0.717) is 23.4 Å². The molecule has 0 heterocycles. The number of allylic oxidation sites excluding steroid dienone is 6. The van der Waals surface area contributed by atoms with Gasteiger partial charge in [0, 0.05) is 6.10 Å². The van der Waals surface area contributed by atoms with E-state index in [1.165, 1.54) is 43.3 Å². The number of hydrogen-bond acceptors (Lipinski definition) is 1. The molecular formula is C34H58OSi. The quantitative estimate of drug-likeness (QED) is 0.244. The smallest absolute Gasteiger partial charge is 0.192 e. The van der Waals surface area contributed by atoms with Crippen LogP contribution in [0.2, 0.25) is 18.1 Å². The van der Waals surface area contributed by atoms with Crippen LogP contribution in [0.4, 0.5) is 0 Å². The van der Waals surface area contributed by atoms with Crippen molar-refractivity contribution in [3.63, 3.8) is 0 Å². The van der Waals surface area contributed by atoms with Crippen LogP contribution in [0.1, 0.15) is 107 Å². The number of hydrogen-bond donors (Lipinski definition) is 0. The van der Waals surface area contributed by atoms with E-state index in [4.69, 9.17) is 4.43 Å². The van der Waals surface area contributed by atoms with E-state index in [2.05, 4.69) is 99.4 Å². The molecule has 0 radical (unpaired) electrons. The largest absolute Gasteiger partial charge is 0.414 e. The minimum absolute atomic E-state index is 0.262. The zero-order valence-corrected chi connectivity index (χ0v) is 26.5. The van der Waals surface area contributed by atoms with Crippen molar-refractivity contribution in [1.29, 1.82) is 0 Å². The SMILES string of the molecule is C=C1CC[C@H](O[Si](C)(C)C(C)(C)C)C/C1=C\C=C1/CCC[C@]2(C)[C@@H]([C@H](C)/C=C/[C@H](C)C(C)C)CC[C@@H]12. The predicted octanol–water partition coefficient (Wildman–Crippen LogP) is 10.7. The molecule has 0 spiro atoms. The normalized spacial score (nSPS) is 34.1. The lowest BCUT2D eigenvalue weighted by atomic mass is 9.61. The highest BCUT2D eigenvalue weighted by atomic mass is 28.4. The average molecular weight is 511 g/mol. The lowest BCUT2D eigenvalue weighted by Crippen LogP contribution is -2.44. The van der Waals surface area contributed by atoms with Gasteiger partial charge in [-0.3, -0.25) is 0 Å². The van der Waals surface area contributed by atoms with Gasteiger partial charge in [0.05, 0.1) is 0 Å². The van der Waals surface area contributed by atoms with Crippen molar-refractivity contribution >= 4 is 8.32 Å². The van der Waals surface area contributed by atoms with Gasteiger partial charge >= 0.3 is 0 Å². The Morgan fingerprint density at radius 3 is 2.33 bits per heavy atom. The number of fused-ring (bicyclic) bond motifs is 1. The van der Waals surface area contributed by atoms with Crippen LogP contribution in [0.25, 0.3) is 0 Å². The molecule has 3 fully saturated rings. The molecule has 0 saturated heterocycles. The molecule has 3 rings (SSSR count). The highest BCUT2D eigenvalue weighted by Crippen LogP contribution is 2.59. The van der Waals surface area contributed by atoms with Crippen molar-refractivity contribution in [2.75, 3.05) is 0 Å². The Kier molecular flexibility index (Phi) is 9.47. The minimum atomic E-state index is -1.74. The van der Waals surface area contributed by atoms with Gasteiger partial charge in [0.15, 0.2) is 8.32 Å². The fourth-order valence-corrected chi connectivity index (χ4v) is 8.31. The molecule has 0 bridgehead atoms. The Morgan fingerprint density at radius 2 is 1.69 bits per heavy atom. The van der Waals surface area contributed by atoms with E-state index in [-0.39, 0.29) is 5.04 Å². The molecule has 3 saturated carbocycles. The third kappa shape index (κ3) is 6.58. The molecule has 36 heavy (non-hydrogen) atoms. The summed E-state index contributed by atoms with van der Waals surface area (Å²) in [4.78, 5) is 0. The van der Waals surface area contributed by atoms with Crippen molar-refractivity contribution < 1.29 is 4.43 Å². The van der Waals surface area contributed by atoms with Crippen LogP contribution in [0.3, 0.4) is 0 Å². The van der Waals surface area contributed by atoms with Gasteiger partial charge in [-0.15, -0.1) is 0 Å². The molecule has 0 unspecified atom stereocenters. The van der Waals surface area contributed by atoms with Crippen molar-refractivity contribution in [2.24, 2.45) is 35.0 Å². The first-order valence-corrected chi connectivity index (χ1v) is 18.0. The Hall–Kier alpha value is -0.863. The van der Waals surface area contributed by atoms with Crippen molar-refractivity contribution in [3.8, 4) is 0 Å². The summed E-state index contributed by atoms with van der Waals surface area (Å²) in [5, 5.41) is 0.262. The van der Waals surface area contributed by atoms with Crippen LogP contribution in [-0.4, -0.2) is 14.4 Å². The molecule has 204 valence electrons. The Morgan fingerprint density at radius 1 is 1.00 bits per heavy atom. The maximum absolute atomic E-state index is 6.82. The first-order chi connectivity index (χ1) is 16.7. The number of rotatable bonds is 7. The maximum Gasteiger partial charge on any atom is 0.192 e. The minimum Gasteiger partial charge on any atom is -0.414 e. The van der Waals surface area contributed by atoms with Gasteiger partial charge in [0.1, 0.15) is 0 Å². The summed E-state index contributed by atoms with van der Waals surface area (Å²) >= 11 is 0.